The molecule has 1 saturated carbocycles. The van der Waals surface area contributed by atoms with Crippen LogP contribution in [-0.4, -0.2) is 30.1 Å². The Morgan fingerprint density at radius 2 is 1.82 bits per heavy atom. The van der Waals surface area contributed by atoms with Gasteiger partial charge in [-0.2, -0.15) is 0 Å². The highest BCUT2D eigenvalue weighted by atomic mass is 19.3. The summed E-state index contributed by atoms with van der Waals surface area (Å²) >= 11 is 0. The van der Waals surface area contributed by atoms with Crippen molar-refractivity contribution in [2.75, 3.05) is 6.61 Å². The topological polar surface area (TPSA) is 52.6 Å². The number of hydrogen-bond acceptors (Lipinski definition) is 4. The molecule has 0 aromatic rings. The van der Waals surface area contributed by atoms with Gasteiger partial charge in [0.15, 0.2) is 6.61 Å². The average Bonchev–Trinajstić information content (AvgIpc) is 2.44. The maximum Gasteiger partial charge on any atom is 0.310 e. The van der Waals surface area contributed by atoms with Crippen molar-refractivity contribution in [1.82, 2.24) is 0 Å². The van der Waals surface area contributed by atoms with Gasteiger partial charge in [0.25, 0.3) is 5.92 Å². The minimum Gasteiger partial charge on any atom is -0.459 e. The lowest BCUT2D eigenvalue weighted by atomic mass is 9.82. The second-order valence-electron chi connectivity index (χ2n) is 6.38. The molecule has 4 nitrogen and oxygen atoms in total. The molecule has 0 radical (unpaired) electrons. The summed E-state index contributed by atoms with van der Waals surface area (Å²) in [5.41, 5.74) is -0.890. The zero-order valence-corrected chi connectivity index (χ0v) is 13.6. The molecule has 0 spiro atoms. The van der Waals surface area contributed by atoms with Gasteiger partial charge in [0.2, 0.25) is 0 Å². The van der Waals surface area contributed by atoms with Crippen LogP contribution in [0.25, 0.3) is 0 Å². The first-order valence-electron chi connectivity index (χ1n) is 7.94. The van der Waals surface area contributed by atoms with Gasteiger partial charge in [-0.1, -0.05) is 20.3 Å². The Balaban J connectivity index is 2.67. The van der Waals surface area contributed by atoms with Crippen molar-refractivity contribution < 1.29 is 27.8 Å². The van der Waals surface area contributed by atoms with Gasteiger partial charge in [-0.25, -0.2) is 8.78 Å². The average molecular weight is 320 g/mol. The lowest BCUT2D eigenvalue weighted by Gasteiger charge is -2.36. The van der Waals surface area contributed by atoms with Crippen LogP contribution in [0.3, 0.4) is 0 Å². The SMILES string of the molecule is CCC(C)C(=O)OC1(CC(=O)OCC(C)(F)F)CCCCC1. The molecule has 0 aliphatic heterocycles. The minimum atomic E-state index is -3.05. The Morgan fingerprint density at radius 3 is 2.32 bits per heavy atom. The molecule has 1 unspecified atom stereocenters. The molecule has 0 amide bonds. The van der Waals surface area contributed by atoms with Crippen LogP contribution in [0.15, 0.2) is 0 Å². The molecule has 0 bridgehead atoms. The van der Waals surface area contributed by atoms with Crippen molar-refractivity contribution in [2.24, 2.45) is 5.92 Å². The fraction of sp³-hybridized carbons (Fsp3) is 0.875. The van der Waals surface area contributed by atoms with E-state index in [9.17, 15) is 18.4 Å². The third-order valence-corrected chi connectivity index (χ3v) is 4.05. The van der Waals surface area contributed by atoms with E-state index in [4.69, 9.17) is 4.74 Å². The molecular formula is C16H26F2O4. The summed E-state index contributed by atoms with van der Waals surface area (Å²) in [6, 6.07) is 0. The van der Waals surface area contributed by atoms with Gasteiger partial charge in [-0.05, 0) is 32.1 Å². The molecule has 128 valence electrons. The largest absolute Gasteiger partial charge is 0.459 e. The summed E-state index contributed by atoms with van der Waals surface area (Å²) in [5, 5.41) is 0. The first-order chi connectivity index (χ1) is 10.2. The summed E-state index contributed by atoms with van der Waals surface area (Å²) in [6.45, 7) is 3.41. The lowest BCUT2D eigenvalue weighted by Crippen LogP contribution is -2.41. The van der Waals surface area contributed by atoms with Crippen LogP contribution in [0.5, 0.6) is 0 Å². The Morgan fingerprint density at radius 1 is 1.23 bits per heavy atom. The van der Waals surface area contributed by atoms with Crippen LogP contribution < -0.4 is 0 Å². The van der Waals surface area contributed by atoms with Gasteiger partial charge in [0, 0.05) is 6.92 Å². The van der Waals surface area contributed by atoms with E-state index >= 15 is 0 Å². The number of alkyl halides is 2. The summed E-state index contributed by atoms with van der Waals surface area (Å²) in [6.07, 6.45) is 4.38. The van der Waals surface area contributed by atoms with Crippen molar-refractivity contribution in [2.45, 2.75) is 77.2 Å². The van der Waals surface area contributed by atoms with Crippen LogP contribution in [0.1, 0.15) is 65.7 Å². The molecule has 0 saturated heterocycles. The van der Waals surface area contributed by atoms with E-state index in [1.807, 2.05) is 6.92 Å². The summed E-state index contributed by atoms with van der Waals surface area (Å²) in [4.78, 5) is 23.9. The quantitative estimate of drug-likeness (QED) is 0.668. The third-order valence-electron chi connectivity index (χ3n) is 4.05. The number of rotatable bonds is 7. The molecule has 1 fully saturated rings. The van der Waals surface area contributed by atoms with Crippen molar-refractivity contribution in [3.8, 4) is 0 Å². The molecule has 0 aromatic carbocycles. The molecule has 0 N–H and O–H groups in total. The van der Waals surface area contributed by atoms with Crippen molar-refractivity contribution in [3.63, 3.8) is 0 Å². The van der Waals surface area contributed by atoms with Gasteiger partial charge in [-0.3, -0.25) is 9.59 Å². The highest BCUT2D eigenvalue weighted by Crippen LogP contribution is 2.36. The van der Waals surface area contributed by atoms with Crippen molar-refractivity contribution in [1.29, 1.82) is 0 Å². The zero-order chi connectivity index (χ0) is 16.8. The van der Waals surface area contributed by atoms with Crippen LogP contribution in [0, 0.1) is 5.92 Å². The van der Waals surface area contributed by atoms with E-state index in [0.29, 0.717) is 26.2 Å². The molecule has 22 heavy (non-hydrogen) atoms. The van der Waals surface area contributed by atoms with Crippen LogP contribution in [0.4, 0.5) is 8.78 Å². The van der Waals surface area contributed by atoms with E-state index in [0.717, 1.165) is 19.3 Å². The minimum absolute atomic E-state index is 0.148. The Bertz CT molecular complexity index is 384. The van der Waals surface area contributed by atoms with E-state index in [-0.39, 0.29) is 18.3 Å². The summed E-state index contributed by atoms with van der Waals surface area (Å²) in [5.74, 6) is -4.36. The van der Waals surface area contributed by atoms with E-state index in [1.165, 1.54) is 0 Å². The number of halogens is 2. The van der Waals surface area contributed by atoms with Crippen molar-refractivity contribution in [3.05, 3.63) is 0 Å². The molecule has 6 heteroatoms. The van der Waals surface area contributed by atoms with Crippen molar-refractivity contribution >= 4 is 11.9 Å². The van der Waals surface area contributed by atoms with Crippen LogP contribution in [-0.2, 0) is 19.1 Å². The van der Waals surface area contributed by atoms with E-state index < -0.39 is 24.1 Å². The molecule has 1 rings (SSSR count). The lowest BCUT2D eigenvalue weighted by molar-refractivity contribution is -0.177. The monoisotopic (exact) mass is 320 g/mol. The number of carbonyl (C=O) groups is 2. The second kappa shape index (κ2) is 7.88. The highest BCUT2D eigenvalue weighted by molar-refractivity contribution is 5.75. The first kappa shape index (κ1) is 18.8. The Hall–Kier alpha value is -1.20. The van der Waals surface area contributed by atoms with Gasteiger partial charge in [0.1, 0.15) is 5.60 Å². The molecule has 0 aromatic heterocycles. The predicted molar refractivity (Wildman–Crippen MR) is 77.6 cm³/mol. The van der Waals surface area contributed by atoms with Gasteiger partial charge >= 0.3 is 11.9 Å². The number of esters is 2. The molecule has 1 aliphatic carbocycles. The van der Waals surface area contributed by atoms with E-state index in [1.54, 1.807) is 6.92 Å². The second-order valence-corrected chi connectivity index (χ2v) is 6.38. The van der Waals surface area contributed by atoms with Gasteiger partial charge in [0.05, 0.1) is 12.3 Å². The highest BCUT2D eigenvalue weighted by Gasteiger charge is 2.40. The molecular weight excluding hydrogens is 294 g/mol. The third kappa shape index (κ3) is 6.28. The molecule has 1 aliphatic rings. The molecule has 0 heterocycles. The number of hydrogen-bond donors (Lipinski definition) is 0. The van der Waals surface area contributed by atoms with E-state index in [2.05, 4.69) is 4.74 Å². The maximum atomic E-state index is 12.8. The smallest absolute Gasteiger partial charge is 0.310 e. The Labute approximate surface area is 130 Å². The Kier molecular flexibility index (Phi) is 6.75. The summed E-state index contributed by atoms with van der Waals surface area (Å²) in [7, 11) is 0. The standard InChI is InChI=1S/C16H26F2O4/c1-4-12(2)14(20)22-16(8-6-5-7-9-16)10-13(19)21-11-15(3,17)18/h12H,4-11H2,1-3H3. The van der Waals surface area contributed by atoms with Gasteiger partial charge in [-0.15, -0.1) is 0 Å². The number of ether oxygens (including phenoxy) is 2. The number of carbonyl (C=O) groups excluding carboxylic acids is 2. The first-order valence-corrected chi connectivity index (χ1v) is 7.94. The molecule has 1 atom stereocenters. The normalized spacial score (nSPS) is 19.3. The summed E-state index contributed by atoms with van der Waals surface area (Å²) < 4.78 is 35.7. The maximum absolute atomic E-state index is 12.8. The van der Waals surface area contributed by atoms with Crippen LogP contribution >= 0.6 is 0 Å². The zero-order valence-electron chi connectivity index (χ0n) is 13.6. The fourth-order valence-corrected chi connectivity index (χ4v) is 2.51. The van der Waals surface area contributed by atoms with Gasteiger partial charge < -0.3 is 9.47 Å². The van der Waals surface area contributed by atoms with Crippen LogP contribution in [0.2, 0.25) is 0 Å². The predicted octanol–water partition coefficient (Wildman–Crippen LogP) is 3.87. The fourth-order valence-electron chi connectivity index (χ4n) is 2.51.